The van der Waals surface area contributed by atoms with Crippen LogP contribution in [0.1, 0.15) is 77.0 Å². The lowest BCUT2D eigenvalue weighted by atomic mass is 9.89. The lowest BCUT2D eigenvalue weighted by Crippen LogP contribution is -2.15. The molecular formula is C19H34O3S. The van der Waals surface area contributed by atoms with Gasteiger partial charge in [-0.2, -0.15) is 11.8 Å². The average Bonchev–Trinajstić information content (AvgIpc) is 2.99. The molecule has 0 bridgehead atoms. The van der Waals surface area contributed by atoms with E-state index in [1.807, 2.05) is 0 Å². The van der Waals surface area contributed by atoms with Gasteiger partial charge in [0.2, 0.25) is 0 Å². The van der Waals surface area contributed by atoms with E-state index in [4.69, 9.17) is 9.84 Å². The third-order valence-electron chi connectivity index (χ3n) is 5.44. The van der Waals surface area contributed by atoms with Crippen molar-refractivity contribution < 1.29 is 14.6 Å². The van der Waals surface area contributed by atoms with E-state index in [1.165, 1.54) is 63.5 Å². The molecule has 2 unspecified atom stereocenters. The number of rotatable bonds is 11. The molecule has 0 amide bonds. The highest BCUT2D eigenvalue weighted by atomic mass is 32.2. The maximum Gasteiger partial charge on any atom is 0.303 e. The van der Waals surface area contributed by atoms with Gasteiger partial charge in [-0.3, -0.25) is 4.79 Å². The molecule has 1 aliphatic carbocycles. The first-order chi connectivity index (χ1) is 11.3. The van der Waals surface area contributed by atoms with E-state index in [1.54, 1.807) is 0 Å². The van der Waals surface area contributed by atoms with Crippen LogP contribution in [-0.4, -0.2) is 35.3 Å². The number of carboxylic acids is 1. The molecule has 2 atom stereocenters. The molecule has 134 valence electrons. The Hall–Kier alpha value is -0.220. The Labute approximate surface area is 145 Å². The van der Waals surface area contributed by atoms with Crippen LogP contribution in [0.4, 0.5) is 0 Å². The number of ether oxygens (including phenoxy) is 1. The van der Waals surface area contributed by atoms with Gasteiger partial charge in [0.1, 0.15) is 0 Å². The first-order valence-electron chi connectivity index (χ1n) is 9.67. The second-order valence-electron chi connectivity index (χ2n) is 7.32. The Bertz CT molecular complexity index is 329. The van der Waals surface area contributed by atoms with E-state index in [-0.39, 0.29) is 0 Å². The minimum atomic E-state index is -0.662. The van der Waals surface area contributed by atoms with Crippen LogP contribution < -0.4 is 0 Å². The number of carbonyl (C=O) groups is 1. The van der Waals surface area contributed by atoms with E-state index in [0.29, 0.717) is 6.42 Å². The fourth-order valence-corrected chi connectivity index (χ4v) is 5.37. The predicted octanol–water partition coefficient (Wildman–Crippen LogP) is 5.13. The highest BCUT2D eigenvalue weighted by Gasteiger charge is 2.27. The molecule has 3 nitrogen and oxygen atoms in total. The Balaban J connectivity index is 1.51. The van der Waals surface area contributed by atoms with Crippen LogP contribution in [-0.2, 0) is 9.53 Å². The van der Waals surface area contributed by atoms with Crippen molar-refractivity contribution in [3.8, 4) is 0 Å². The van der Waals surface area contributed by atoms with E-state index >= 15 is 0 Å². The van der Waals surface area contributed by atoms with Gasteiger partial charge in [0.05, 0.1) is 0 Å². The summed E-state index contributed by atoms with van der Waals surface area (Å²) in [5.74, 6) is 2.17. The number of hydrogen-bond acceptors (Lipinski definition) is 3. The number of hydrogen-bond donors (Lipinski definition) is 1. The van der Waals surface area contributed by atoms with Crippen LogP contribution in [0.3, 0.4) is 0 Å². The molecule has 2 aliphatic rings. The van der Waals surface area contributed by atoms with Crippen LogP contribution in [0.2, 0.25) is 0 Å². The molecule has 1 N–H and O–H groups in total. The summed E-state index contributed by atoms with van der Waals surface area (Å²) in [6.07, 6.45) is 14.4. The number of thioether (sulfide) groups is 1. The molecule has 0 aromatic carbocycles. The van der Waals surface area contributed by atoms with E-state index in [9.17, 15) is 4.79 Å². The van der Waals surface area contributed by atoms with E-state index in [0.717, 1.165) is 43.1 Å². The summed E-state index contributed by atoms with van der Waals surface area (Å²) in [4.78, 5) is 10.5. The summed E-state index contributed by atoms with van der Waals surface area (Å²) in [5.41, 5.74) is 0. The summed E-state index contributed by atoms with van der Waals surface area (Å²) in [5, 5.41) is 9.56. The Morgan fingerprint density at radius 2 is 1.65 bits per heavy atom. The number of unbranched alkanes of at least 4 members (excludes halogenated alkanes) is 3. The number of aliphatic carboxylic acids is 1. The fourth-order valence-electron chi connectivity index (χ4n) is 3.94. The normalized spacial score (nSPS) is 25.7. The van der Waals surface area contributed by atoms with Gasteiger partial charge in [0, 0.05) is 24.9 Å². The zero-order valence-corrected chi connectivity index (χ0v) is 15.3. The Kier molecular flexibility index (Phi) is 9.43. The van der Waals surface area contributed by atoms with Gasteiger partial charge < -0.3 is 9.84 Å². The maximum absolute atomic E-state index is 10.5. The van der Waals surface area contributed by atoms with Gasteiger partial charge in [-0.1, -0.05) is 38.5 Å². The summed E-state index contributed by atoms with van der Waals surface area (Å²) in [7, 11) is 0. The summed E-state index contributed by atoms with van der Waals surface area (Å²) >= 11 is 2.21. The van der Waals surface area contributed by atoms with Crippen LogP contribution in [0.5, 0.6) is 0 Å². The monoisotopic (exact) mass is 342 g/mol. The van der Waals surface area contributed by atoms with Gasteiger partial charge >= 0.3 is 5.97 Å². The minimum absolute atomic E-state index is 0.327. The molecule has 0 aromatic heterocycles. The summed E-state index contributed by atoms with van der Waals surface area (Å²) < 4.78 is 5.73. The molecule has 1 aliphatic heterocycles. The minimum Gasteiger partial charge on any atom is -0.481 e. The number of carboxylic acid groups (broad SMARTS) is 1. The van der Waals surface area contributed by atoms with Crippen molar-refractivity contribution >= 4 is 17.7 Å². The van der Waals surface area contributed by atoms with Gasteiger partial charge in [0.15, 0.2) is 0 Å². The lowest BCUT2D eigenvalue weighted by Gasteiger charge is -2.22. The SMILES string of the molecule is O=C(O)CCCCCCC1COCC1CCSC1CCCCC1. The Morgan fingerprint density at radius 3 is 2.39 bits per heavy atom. The van der Waals surface area contributed by atoms with Crippen molar-refractivity contribution in [2.24, 2.45) is 11.8 Å². The largest absolute Gasteiger partial charge is 0.481 e. The van der Waals surface area contributed by atoms with Crippen molar-refractivity contribution in [1.29, 1.82) is 0 Å². The van der Waals surface area contributed by atoms with Crippen LogP contribution in [0.25, 0.3) is 0 Å². The van der Waals surface area contributed by atoms with E-state index < -0.39 is 5.97 Å². The van der Waals surface area contributed by atoms with Gasteiger partial charge in [-0.05, 0) is 49.7 Å². The van der Waals surface area contributed by atoms with Gasteiger partial charge in [0.25, 0.3) is 0 Å². The molecule has 2 rings (SSSR count). The van der Waals surface area contributed by atoms with E-state index in [2.05, 4.69) is 11.8 Å². The second-order valence-corrected chi connectivity index (χ2v) is 8.73. The molecule has 1 heterocycles. The van der Waals surface area contributed by atoms with Crippen molar-refractivity contribution in [1.82, 2.24) is 0 Å². The predicted molar refractivity (Wildman–Crippen MR) is 97.1 cm³/mol. The van der Waals surface area contributed by atoms with Gasteiger partial charge in [-0.25, -0.2) is 0 Å². The summed E-state index contributed by atoms with van der Waals surface area (Å²) in [6.45, 7) is 1.92. The molecule has 0 radical (unpaired) electrons. The molecule has 23 heavy (non-hydrogen) atoms. The van der Waals surface area contributed by atoms with Crippen molar-refractivity contribution in [2.45, 2.75) is 82.3 Å². The van der Waals surface area contributed by atoms with Crippen LogP contribution in [0.15, 0.2) is 0 Å². The maximum atomic E-state index is 10.5. The standard InChI is InChI=1S/C19H34O3S/c20-19(21)11-7-2-1-4-8-16-14-22-15-17(16)12-13-23-18-9-5-3-6-10-18/h16-18H,1-15H2,(H,20,21). The highest BCUT2D eigenvalue weighted by molar-refractivity contribution is 7.99. The van der Waals surface area contributed by atoms with Crippen molar-refractivity contribution in [3.63, 3.8) is 0 Å². The van der Waals surface area contributed by atoms with Crippen molar-refractivity contribution in [3.05, 3.63) is 0 Å². The smallest absolute Gasteiger partial charge is 0.303 e. The third-order valence-corrected chi connectivity index (χ3v) is 6.85. The molecular weight excluding hydrogens is 308 g/mol. The molecule has 1 saturated carbocycles. The molecule has 2 fully saturated rings. The lowest BCUT2D eigenvalue weighted by molar-refractivity contribution is -0.137. The average molecular weight is 343 g/mol. The zero-order valence-electron chi connectivity index (χ0n) is 14.5. The molecule has 0 aromatic rings. The van der Waals surface area contributed by atoms with Gasteiger partial charge in [-0.15, -0.1) is 0 Å². The fraction of sp³-hybridized carbons (Fsp3) is 0.947. The topological polar surface area (TPSA) is 46.5 Å². The summed E-state index contributed by atoms with van der Waals surface area (Å²) in [6, 6.07) is 0. The highest BCUT2D eigenvalue weighted by Crippen LogP contribution is 2.33. The zero-order chi connectivity index (χ0) is 16.3. The molecule has 0 spiro atoms. The molecule has 4 heteroatoms. The van der Waals surface area contributed by atoms with Crippen molar-refractivity contribution in [2.75, 3.05) is 19.0 Å². The quantitative estimate of drug-likeness (QED) is 0.529. The first-order valence-corrected chi connectivity index (χ1v) is 10.7. The third kappa shape index (κ3) is 7.93. The molecule has 1 saturated heterocycles. The van der Waals surface area contributed by atoms with Crippen LogP contribution >= 0.6 is 11.8 Å². The first kappa shape index (κ1) is 19.1. The second kappa shape index (κ2) is 11.4. The van der Waals surface area contributed by atoms with Crippen LogP contribution in [0, 0.1) is 11.8 Å². The Morgan fingerprint density at radius 1 is 0.957 bits per heavy atom.